The highest BCUT2D eigenvalue weighted by Gasteiger charge is 2.30. The van der Waals surface area contributed by atoms with Gasteiger partial charge in [-0.05, 0) is 66.1 Å². The van der Waals surface area contributed by atoms with Crippen LogP contribution in [-0.2, 0) is 6.18 Å². The van der Waals surface area contributed by atoms with E-state index in [0.29, 0.717) is 5.92 Å². The Hall–Kier alpha value is -1.81. The van der Waals surface area contributed by atoms with Crippen LogP contribution in [0.15, 0.2) is 36.4 Å². The molecule has 1 nitrogen and oxygen atoms in total. The van der Waals surface area contributed by atoms with Gasteiger partial charge in [-0.2, -0.15) is 13.2 Å². The van der Waals surface area contributed by atoms with Crippen molar-refractivity contribution >= 4 is 0 Å². The molecule has 0 saturated heterocycles. The smallest absolute Gasteiger partial charge is 0.324 e. The summed E-state index contributed by atoms with van der Waals surface area (Å²) in [5.41, 5.74) is 10.5. The van der Waals surface area contributed by atoms with Crippen LogP contribution >= 0.6 is 0 Å². The summed E-state index contributed by atoms with van der Waals surface area (Å²) in [5, 5.41) is 0. The molecule has 0 radical (unpaired) electrons. The van der Waals surface area contributed by atoms with Gasteiger partial charge in [-0.1, -0.05) is 38.1 Å². The molecular weight excluding hydrogens is 311 g/mol. The average Bonchev–Trinajstić information content (AvgIpc) is 2.45. The number of hydrogen-bond donors (Lipinski definition) is 1. The third-order valence-electron chi connectivity index (χ3n) is 4.21. The Labute approximate surface area is 141 Å². The summed E-state index contributed by atoms with van der Waals surface area (Å²) in [4.78, 5) is 0. The zero-order chi connectivity index (χ0) is 18.1. The topological polar surface area (TPSA) is 26.0 Å². The molecule has 2 N–H and O–H groups in total. The molecule has 0 spiro atoms. The number of benzene rings is 2. The van der Waals surface area contributed by atoms with Crippen LogP contribution in [0, 0.1) is 19.8 Å². The lowest BCUT2D eigenvalue weighted by atomic mass is 9.89. The standard InChI is InChI=1S/C20H24F3N/c1-12(2)9-18(24)16-10-13(3)19(14(4)11-16)15-5-7-17(8-6-15)20(21,22)23/h5-8,10-12,18H,9,24H2,1-4H3/t18-/m1/s1. The van der Waals surface area contributed by atoms with Gasteiger partial charge in [0.05, 0.1) is 5.56 Å². The predicted octanol–water partition coefficient (Wildman–Crippen LogP) is 6.04. The van der Waals surface area contributed by atoms with Gasteiger partial charge in [0.15, 0.2) is 0 Å². The van der Waals surface area contributed by atoms with Crippen LogP contribution in [0.4, 0.5) is 13.2 Å². The molecule has 24 heavy (non-hydrogen) atoms. The van der Waals surface area contributed by atoms with Crippen molar-refractivity contribution in [3.05, 3.63) is 58.7 Å². The van der Waals surface area contributed by atoms with Crippen molar-refractivity contribution in [3.8, 4) is 11.1 Å². The lowest BCUT2D eigenvalue weighted by molar-refractivity contribution is -0.137. The highest BCUT2D eigenvalue weighted by atomic mass is 19.4. The minimum atomic E-state index is -4.31. The molecule has 0 aliphatic carbocycles. The van der Waals surface area contributed by atoms with Crippen molar-refractivity contribution in [2.45, 2.75) is 46.3 Å². The predicted molar refractivity (Wildman–Crippen MR) is 92.7 cm³/mol. The number of nitrogens with two attached hydrogens (primary N) is 1. The van der Waals surface area contributed by atoms with E-state index in [2.05, 4.69) is 13.8 Å². The van der Waals surface area contributed by atoms with Crippen LogP contribution in [0.5, 0.6) is 0 Å². The van der Waals surface area contributed by atoms with Gasteiger partial charge in [0.2, 0.25) is 0 Å². The average molecular weight is 335 g/mol. The van der Waals surface area contributed by atoms with Gasteiger partial charge in [-0.15, -0.1) is 0 Å². The van der Waals surface area contributed by atoms with Crippen LogP contribution in [0.25, 0.3) is 11.1 Å². The molecule has 0 heterocycles. The molecule has 0 bridgehead atoms. The molecule has 2 aromatic rings. The van der Waals surface area contributed by atoms with Crippen molar-refractivity contribution in [1.29, 1.82) is 0 Å². The Morgan fingerprint density at radius 2 is 1.46 bits per heavy atom. The highest BCUT2D eigenvalue weighted by Crippen LogP contribution is 2.34. The van der Waals surface area contributed by atoms with Crippen molar-refractivity contribution in [2.75, 3.05) is 0 Å². The lowest BCUT2D eigenvalue weighted by Crippen LogP contribution is -2.13. The first-order valence-electron chi connectivity index (χ1n) is 8.14. The third kappa shape index (κ3) is 4.18. The Morgan fingerprint density at radius 1 is 0.958 bits per heavy atom. The monoisotopic (exact) mass is 335 g/mol. The number of halogens is 3. The molecule has 2 rings (SSSR count). The Bertz CT molecular complexity index is 677. The van der Waals surface area contributed by atoms with E-state index in [-0.39, 0.29) is 6.04 Å². The normalized spacial score (nSPS) is 13.4. The quantitative estimate of drug-likeness (QED) is 0.725. The first kappa shape index (κ1) is 18.5. The van der Waals surface area contributed by atoms with E-state index < -0.39 is 11.7 Å². The molecule has 0 unspecified atom stereocenters. The van der Waals surface area contributed by atoms with E-state index in [9.17, 15) is 13.2 Å². The summed E-state index contributed by atoms with van der Waals surface area (Å²) in [6.45, 7) is 8.23. The number of alkyl halides is 3. The molecule has 130 valence electrons. The fourth-order valence-electron chi connectivity index (χ4n) is 3.14. The van der Waals surface area contributed by atoms with Crippen LogP contribution in [0.3, 0.4) is 0 Å². The summed E-state index contributed by atoms with van der Waals surface area (Å²) in [5.74, 6) is 0.509. The maximum atomic E-state index is 12.7. The molecule has 4 heteroatoms. The maximum absolute atomic E-state index is 12.7. The van der Waals surface area contributed by atoms with Gasteiger partial charge in [-0.25, -0.2) is 0 Å². The molecule has 0 aliphatic heterocycles. The minimum Gasteiger partial charge on any atom is -0.324 e. The van der Waals surface area contributed by atoms with Gasteiger partial charge < -0.3 is 5.73 Å². The molecule has 0 amide bonds. The second-order valence-electron chi connectivity index (χ2n) is 6.84. The van der Waals surface area contributed by atoms with E-state index in [1.807, 2.05) is 26.0 Å². The fourth-order valence-corrected chi connectivity index (χ4v) is 3.14. The van der Waals surface area contributed by atoms with Crippen LogP contribution < -0.4 is 5.73 Å². The zero-order valence-electron chi connectivity index (χ0n) is 14.5. The second kappa shape index (κ2) is 6.98. The van der Waals surface area contributed by atoms with Crippen LogP contribution in [0.1, 0.15) is 48.6 Å². The fraction of sp³-hybridized carbons (Fsp3) is 0.400. The number of hydrogen-bond acceptors (Lipinski definition) is 1. The molecular formula is C20H24F3N. The molecule has 0 aliphatic rings. The molecule has 0 aromatic heterocycles. The van der Waals surface area contributed by atoms with Crippen LogP contribution in [-0.4, -0.2) is 0 Å². The molecule has 0 saturated carbocycles. The Kier molecular flexibility index (Phi) is 5.38. The zero-order valence-corrected chi connectivity index (χ0v) is 14.5. The van der Waals surface area contributed by atoms with Crippen LogP contribution in [0.2, 0.25) is 0 Å². The first-order valence-corrected chi connectivity index (χ1v) is 8.14. The van der Waals surface area contributed by atoms with E-state index in [1.165, 1.54) is 12.1 Å². The first-order chi connectivity index (χ1) is 11.1. The highest BCUT2D eigenvalue weighted by molar-refractivity contribution is 5.71. The van der Waals surface area contributed by atoms with Gasteiger partial charge >= 0.3 is 6.18 Å². The van der Waals surface area contributed by atoms with Gasteiger partial charge in [0, 0.05) is 6.04 Å². The van der Waals surface area contributed by atoms with Gasteiger partial charge in [-0.3, -0.25) is 0 Å². The minimum absolute atomic E-state index is 0.0240. The summed E-state index contributed by atoms with van der Waals surface area (Å²) in [7, 11) is 0. The van der Waals surface area contributed by atoms with E-state index in [0.717, 1.165) is 46.4 Å². The molecule has 2 aromatic carbocycles. The van der Waals surface area contributed by atoms with Gasteiger partial charge in [0.25, 0.3) is 0 Å². The van der Waals surface area contributed by atoms with Crippen molar-refractivity contribution in [3.63, 3.8) is 0 Å². The third-order valence-corrected chi connectivity index (χ3v) is 4.21. The maximum Gasteiger partial charge on any atom is 0.416 e. The Balaban J connectivity index is 2.38. The van der Waals surface area contributed by atoms with Gasteiger partial charge in [0.1, 0.15) is 0 Å². The summed E-state index contributed by atoms with van der Waals surface area (Å²) < 4.78 is 38.1. The number of rotatable bonds is 4. The SMILES string of the molecule is Cc1cc([C@H](N)CC(C)C)cc(C)c1-c1ccc(C(F)(F)F)cc1. The van der Waals surface area contributed by atoms with E-state index in [1.54, 1.807) is 0 Å². The van der Waals surface area contributed by atoms with E-state index in [4.69, 9.17) is 5.73 Å². The van der Waals surface area contributed by atoms with Crippen molar-refractivity contribution in [2.24, 2.45) is 11.7 Å². The summed E-state index contributed by atoms with van der Waals surface area (Å²) in [6.07, 6.45) is -3.41. The van der Waals surface area contributed by atoms with Crippen molar-refractivity contribution < 1.29 is 13.2 Å². The largest absolute Gasteiger partial charge is 0.416 e. The summed E-state index contributed by atoms with van der Waals surface area (Å²) >= 11 is 0. The summed E-state index contributed by atoms with van der Waals surface area (Å²) in [6, 6.07) is 9.40. The Morgan fingerprint density at radius 3 is 1.88 bits per heavy atom. The lowest BCUT2D eigenvalue weighted by Gasteiger charge is -2.19. The van der Waals surface area contributed by atoms with E-state index >= 15 is 0 Å². The molecule has 1 atom stereocenters. The number of aryl methyl sites for hydroxylation is 2. The van der Waals surface area contributed by atoms with Crippen molar-refractivity contribution in [1.82, 2.24) is 0 Å². The molecule has 0 fully saturated rings. The second-order valence-corrected chi connectivity index (χ2v) is 6.84.